The summed E-state index contributed by atoms with van der Waals surface area (Å²) >= 11 is 0. The lowest BCUT2D eigenvalue weighted by Crippen LogP contribution is -2.32. The quantitative estimate of drug-likeness (QED) is 0.765. The lowest BCUT2D eigenvalue weighted by atomic mass is 9.79. The summed E-state index contributed by atoms with van der Waals surface area (Å²) in [4.78, 5) is 25.6. The van der Waals surface area contributed by atoms with Gasteiger partial charge in [0.1, 0.15) is 5.82 Å². The number of hydrogen-bond acceptors (Lipinski definition) is 4. The summed E-state index contributed by atoms with van der Waals surface area (Å²) in [6.07, 6.45) is 15.9. The van der Waals surface area contributed by atoms with E-state index < -0.39 is 0 Å². The van der Waals surface area contributed by atoms with E-state index in [1.165, 1.54) is 31.4 Å². The van der Waals surface area contributed by atoms with E-state index in [0.717, 1.165) is 55.6 Å². The van der Waals surface area contributed by atoms with Crippen molar-refractivity contribution < 1.29 is 4.79 Å². The van der Waals surface area contributed by atoms with Gasteiger partial charge < -0.3 is 5.32 Å². The van der Waals surface area contributed by atoms with E-state index in [4.69, 9.17) is 4.98 Å². The maximum Gasteiger partial charge on any atom is 0.220 e. The van der Waals surface area contributed by atoms with Crippen LogP contribution in [0.2, 0.25) is 0 Å². The molecule has 1 amide bonds. The van der Waals surface area contributed by atoms with Crippen LogP contribution in [-0.4, -0.2) is 27.4 Å². The smallest absolute Gasteiger partial charge is 0.220 e. The van der Waals surface area contributed by atoms with E-state index in [1.54, 1.807) is 0 Å². The van der Waals surface area contributed by atoms with Crippen LogP contribution >= 0.6 is 0 Å². The van der Waals surface area contributed by atoms with Crippen LogP contribution in [0.15, 0.2) is 30.7 Å². The lowest BCUT2D eigenvalue weighted by Gasteiger charge is -2.29. The van der Waals surface area contributed by atoms with Gasteiger partial charge in [-0.15, -0.1) is 0 Å². The number of hydrogen-bond donors (Lipinski definition) is 1. The molecule has 2 aromatic heterocycles. The molecule has 2 fully saturated rings. The number of carbonyl (C=O) groups is 1. The first-order chi connectivity index (χ1) is 14.2. The van der Waals surface area contributed by atoms with E-state index in [0.29, 0.717) is 17.8 Å². The number of carbonyl (C=O) groups excluding carboxylic acids is 1. The standard InChI is InChI=1S/C24H32N4O/c1-17-26-16-22(20-10-12-25-13-11-20)24(28-17)21-8-6-19(7-9-21)15-27-23(29)14-18-4-2-3-5-18/h10-13,16,18-19,21H,2-9,14-15H2,1H3,(H,27,29). The van der Waals surface area contributed by atoms with Gasteiger partial charge in [-0.3, -0.25) is 9.78 Å². The summed E-state index contributed by atoms with van der Waals surface area (Å²) in [7, 11) is 0. The number of pyridine rings is 1. The first-order valence-electron chi connectivity index (χ1n) is 11.2. The van der Waals surface area contributed by atoms with Crippen molar-refractivity contribution in [3.63, 3.8) is 0 Å². The van der Waals surface area contributed by atoms with Gasteiger partial charge in [-0.2, -0.15) is 0 Å². The van der Waals surface area contributed by atoms with E-state index in [1.807, 2.05) is 37.6 Å². The molecule has 29 heavy (non-hydrogen) atoms. The molecule has 0 aliphatic heterocycles. The molecular formula is C24H32N4O. The second-order valence-corrected chi connectivity index (χ2v) is 8.83. The molecule has 5 heteroatoms. The molecule has 2 heterocycles. The maximum atomic E-state index is 12.2. The summed E-state index contributed by atoms with van der Waals surface area (Å²) in [6, 6.07) is 4.06. The van der Waals surface area contributed by atoms with Crippen LogP contribution in [-0.2, 0) is 4.79 Å². The molecule has 0 saturated heterocycles. The second-order valence-electron chi connectivity index (χ2n) is 8.83. The SMILES string of the molecule is Cc1ncc(-c2ccncc2)c(C2CCC(CNC(=O)CC3CCCC3)CC2)n1. The van der Waals surface area contributed by atoms with Crippen LogP contribution in [0.3, 0.4) is 0 Å². The Morgan fingerprint density at radius 1 is 1.03 bits per heavy atom. The van der Waals surface area contributed by atoms with Crippen molar-refractivity contribution in [3.8, 4) is 11.1 Å². The van der Waals surface area contributed by atoms with Gasteiger partial charge in [0.25, 0.3) is 0 Å². The number of amides is 1. The van der Waals surface area contributed by atoms with Gasteiger partial charge in [-0.1, -0.05) is 12.8 Å². The van der Waals surface area contributed by atoms with E-state index in [2.05, 4.69) is 15.3 Å². The zero-order valence-corrected chi connectivity index (χ0v) is 17.4. The number of nitrogens with zero attached hydrogens (tertiary/aromatic N) is 3. The second kappa shape index (κ2) is 9.47. The van der Waals surface area contributed by atoms with E-state index >= 15 is 0 Å². The van der Waals surface area contributed by atoms with Gasteiger partial charge in [0.2, 0.25) is 5.91 Å². The third-order valence-corrected chi connectivity index (χ3v) is 6.70. The molecule has 154 valence electrons. The third kappa shape index (κ3) is 5.20. The molecule has 2 saturated carbocycles. The van der Waals surface area contributed by atoms with Crippen molar-refractivity contribution in [2.75, 3.05) is 6.54 Å². The summed E-state index contributed by atoms with van der Waals surface area (Å²) in [5.74, 6) is 2.76. The molecule has 0 atom stereocenters. The summed E-state index contributed by atoms with van der Waals surface area (Å²) in [5.41, 5.74) is 3.44. The van der Waals surface area contributed by atoms with Crippen LogP contribution in [0.1, 0.15) is 75.2 Å². The van der Waals surface area contributed by atoms with Crippen molar-refractivity contribution in [2.45, 2.75) is 70.6 Å². The molecule has 2 aliphatic carbocycles. The van der Waals surface area contributed by atoms with Crippen molar-refractivity contribution in [3.05, 3.63) is 42.2 Å². The number of aromatic nitrogens is 3. The molecule has 0 bridgehead atoms. The lowest BCUT2D eigenvalue weighted by molar-refractivity contribution is -0.122. The Balaban J connectivity index is 1.33. The molecule has 2 aliphatic rings. The third-order valence-electron chi connectivity index (χ3n) is 6.70. The van der Waals surface area contributed by atoms with E-state index in [-0.39, 0.29) is 5.91 Å². The van der Waals surface area contributed by atoms with Crippen molar-refractivity contribution in [1.29, 1.82) is 0 Å². The Bertz CT molecular complexity index is 809. The largest absolute Gasteiger partial charge is 0.356 e. The van der Waals surface area contributed by atoms with Gasteiger partial charge >= 0.3 is 0 Å². The molecule has 5 nitrogen and oxygen atoms in total. The summed E-state index contributed by atoms with van der Waals surface area (Å²) in [5, 5.41) is 3.21. The highest BCUT2D eigenvalue weighted by molar-refractivity contribution is 5.76. The average Bonchev–Trinajstić information content (AvgIpc) is 3.26. The Kier molecular flexibility index (Phi) is 6.53. The van der Waals surface area contributed by atoms with Gasteiger partial charge in [0, 0.05) is 43.0 Å². The molecule has 2 aromatic rings. The molecule has 0 unspecified atom stereocenters. The highest BCUT2D eigenvalue weighted by Crippen LogP contribution is 2.38. The number of rotatable bonds is 6. The molecule has 4 rings (SSSR count). The Hall–Kier alpha value is -2.30. The fourth-order valence-corrected chi connectivity index (χ4v) is 5.00. The predicted octanol–water partition coefficient (Wildman–Crippen LogP) is 4.82. The highest BCUT2D eigenvalue weighted by Gasteiger charge is 2.26. The topological polar surface area (TPSA) is 67.8 Å². The molecule has 0 aromatic carbocycles. The predicted molar refractivity (Wildman–Crippen MR) is 114 cm³/mol. The minimum absolute atomic E-state index is 0.255. The number of aryl methyl sites for hydroxylation is 1. The van der Waals surface area contributed by atoms with Crippen LogP contribution < -0.4 is 5.32 Å². The maximum absolute atomic E-state index is 12.2. The Labute approximate surface area is 173 Å². The zero-order valence-electron chi connectivity index (χ0n) is 17.4. The van der Waals surface area contributed by atoms with Crippen LogP contribution in [0.5, 0.6) is 0 Å². The number of nitrogens with one attached hydrogen (secondary N) is 1. The fraction of sp³-hybridized carbons (Fsp3) is 0.583. The summed E-state index contributed by atoms with van der Waals surface area (Å²) < 4.78 is 0. The van der Waals surface area contributed by atoms with Gasteiger partial charge in [-0.25, -0.2) is 9.97 Å². The van der Waals surface area contributed by atoms with Crippen LogP contribution in [0.4, 0.5) is 0 Å². The molecule has 1 N–H and O–H groups in total. The first kappa shape index (κ1) is 20.0. The minimum atomic E-state index is 0.255. The van der Waals surface area contributed by atoms with Gasteiger partial charge in [-0.05, 0) is 75.0 Å². The van der Waals surface area contributed by atoms with Crippen LogP contribution in [0.25, 0.3) is 11.1 Å². The fourth-order valence-electron chi connectivity index (χ4n) is 5.00. The summed E-state index contributed by atoms with van der Waals surface area (Å²) in [6.45, 7) is 2.80. The molecular weight excluding hydrogens is 360 g/mol. The van der Waals surface area contributed by atoms with Crippen molar-refractivity contribution in [1.82, 2.24) is 20.3 Å². The minimum Gasteiger partial charge on any atom is -0.356 e. The molecule has 0 radical (unpaired) electrons. The van der Waals surface area contributed by atoms with Crippen molar-refractivity contribution >= 4 is 5.91 Å². The monoisotopic (exact) mass is 392 g/mol. The zero-order chi connectivity index (χ0) is 20.1. The average molecular weight is 393 g/mol. The van der Waals surface area contributed by atoms with E-state index in [9.17, 15) is 4.79 Å². The van der Waals surface area contributed by atoms with Gasteiger partial charge in [0.05, 0.1) is 5.69 Å². The highest BCUT2D eigenvalue weighted by atomic mass is 16.1. The Morgan fingerprint density at radius 2 is 1.76 bits per heavy atom. The Morgan fingerprint density at radius 3 is 2.48 bits per heavy atom. The van der Waals surface area contributed by atoms with Crippen molar-refractivity contribution in [2.24, 2.45) is 11.8 Å². The van der Waals surface area contributed by atoms with Crippen LogP contribution in [0, 0.1) is 18.8 Å². The molecule has 0 spiro atoms. The van der Waals surface area contributed by atoms with Gasteiger partial charge in [0.15, 0.2) is 0 Å². The normalized spacial score (nSPS) is 22.5. The first-order valence-corrected chi connectivity index (χ1v) is 11.2.